The van der Waals surface area contributed by atoms with Gasteiger partial charge in [-0.1, -0.05) is 29.8 Å². The lowest BCUT2D eigenvalue weighted by Crippen LogP contribution is -2.21. The lowest BCUT2D eigenvalue weighted by atomic mass is 10.1. The number of hydrogen-bond donors (Lipinski definition) is 3. The highest BCUT2D eigenvalue weighted by Crippen LogP contribution is 2.31. The molecule has 0 bridgehead atoms. The smallest absolute Gasteiger partial charge is 0.475 e. The van der Waals surface area contributed by atoms with E-state index in [1.807, 2.05) is 28.8 Å². The number of nitrogens with two attached hydrogens (primary N) is 1. The Labute approximate surface area is 215 Å². The Morgan fingerprint density at radius 3 is 2.05 bits per heavy atom. The second-order valence-electron chi connectivity index (χ2n) is 6.80. The summed E-state index contributed by atoms with van der Waals surface area (Å²) in [5, 5.41) is 24.0. The third-order valence-corrected chi connectivity index (χ3v) is 4.38. The molecule has 0 radical (unpaired) electrons. The lowest BCUT2D eigenvalue weighted by molar-refractivity contribution is -0.193. The van der Waals surface area contributed by atoms with Crippen LogP contribution in [-0.2, 0) is 22.7 Å². The van der Waals surface area contributed by atoms with E-state index in [2.05, 4.69) is 11.1 Å². The maximum Gasteiger partial charge on any atom is 0.490 e. The molecule has 38 heavy (non-hydrogen) atoms. The number of imidazole rings is 1. The van der Waals surface area contributed by atoms with Crippen molar-refractivity contribution in [2.24, 2.45) is 5.73 Å². The number of halogens is 7. The van der Waals surface area contributed by atoms with Crippen molar-refractivity contribution in [2.45, 2.75) is 25.4 Å². The van der Waals surface area contributed by atoms with Crippen LogP contribution < -0.4 is 10.5 Å². The number of carbonyl (C=O) groups is 2. The minimum atomic E-state index is -5.08. The number of nitriles is 1. The Morgan fingerprint density at radius 1 is 1.03 bits per heavy atom. The molecule has 2 aromatic carbocycles. The minimum Gasteiger partial charge on any atom is -0.475 e. The molecule has 0 aliphatic rings. The van der Waals surface area contributed by atoms with Crippen molar-refractivity contribution < 1.29 is 50.9 Å². The number of ether oxygens (including phenoxy) is 1. The van der Waals surface area contributed by atoms with Crippen LogP contribution in [0.1, 0.15) is 16.8 Å². The highest BCUT2D eigenvalue weighted by atomic mass is 35.5. The second-order valence-corrected chi connectivity index (χ2v) is 7.20. The van der Waals surface area contributed by atoms with Crippen LogP contribution in [0.3, 0.4) is 0 Å². The molecule has 0 aliphatic heterocycles. The zero-order valence-corrected chi connectivity index (χ0v) is 19.6. The van der Waals surface area contributed by atoms with Crippen molar-refractivity contribution in [3.8, 4) is 17.6 Å². The fourth-order valence-corrected chi connectivity index (χ4v) is 2.52. The lowest BCUT2D eigenvalue weighted by Gasteiger charge is -2.12. The summed E-state index contributed by atoms with van der Waals surface area (Å²) in [6.07, 6.45) is -6.69. The number of carboxylic acid groups (broad SMARTS) is 2. The van der Waals surface area contributed by atoms with Gasteiger partial charge in [-0.2, -0.15) is 31.6 Å². The highest BCUT2D eigenvalue weighted by molar-refractivity contribution is 6.32. The van der Waals surface area contributed by atoms with Gasteiger partial charge in [0.1, 0.15) is 17.6 Å². The fraction of sp³-hybridized carbons (Fsp3) is 0.182. The first-order chi connectivity index (χ1) is 17.6. The number of benzene rings is 2. The van der Waals surface area contributed by atoms with Crippen LogP contribution in [0, 0.1) is 11.3 Å². The molecular weight excluding hydrogens is 550 g/mol. The Bertz CT molecular complexity index is 1260. The molecule has 0 saturated carbocycles. The van der Waals surface area contributed by atoms with Crippen molar-refractivity contribution in [2.75, 3.05) is 0 Å². The van der Waals surface area contributed by atoms with Crippen LogP contribution in [0.15, 0.2) is 55.0 Å². The number of alkyl halides is 6. The maximum absolute atomic E-state index is 10.6. The van der Waals surface area contributed by atoms with Gasteiger partial charge in [0.25, 0.3) is 0 Å². The number of para-hydroxylation sites is 1. The van der Waals surface area contributed by atoms with E-state index in [0.717, 1.165) is 11.3 Å². The van der Waals surface area contributed by atoms with Crippen LogP contribution in [0.25, 0.3) is 0 Å². The molecule has 0 aliphatic carbocycles. The van der Waals surface area contributed by atoms with E-state index >= 15 is 0 Å². The number of aliphatic carboxylic acids is 2. The summed E-state index contributed by atoms with van der Waals surface area (Å²) in [6, 6.07) is 14.8. The van der Waals surface area contributed by atoms with Gasteiger partial charge in [-0.05, 0) is 29.8 Å². The normalized spacial score (nSPS) is 10.7. The topological polar surface area (TPSA) is 151 Å². The molecule has 1 aromatic heterocycles. The minimum absolute atomic E-state index is 0.416. The molecule has 1 heterocycles. The van der Waals surface area contributed by atoms with Gasteiger partial charge < -0.3 is 25.3 Å². The molecule has 204 valence electrons. The predicted molar refractivity (Wildman–Crippen MR) is 119 cm³/mol. The fourth-order valence-electron chi connectivity index (χ4n) is 2.35. The first-order valence-electron chi connectivity index (χ1n) is 9.84. The van der Waals surface area contributed by atoms with E-state index < -0.39 is 24.3 Å². The molecule has 0 unspecified atom stereocenters. The monoisotopic (exact) mass is 566 g/mol. The zero-order chi connectivity index (χ0) is 29.1. The summed E-state index contributed by atoms with van der Waals surface area (Å²) in [7, 11) is 0. The number of rotatable bonds is 5. The SMILES string of the molecule is N#Cc1ccc(Cn2cncc2CN)cc1Oc1ccccc1Cl.O=C(O)C(F)(F)F.O=C(O)C(F)(F)F. The van der Waals surface area contributed by atoms with Gasteiger partial charge in [-0.3, -0.25) is 0 Å². The van der Waals surface area contributed by atoms with Crippen LogP contribution >= 0.6 is 11.6 Å². The van der Waals surface area contributed by atoms with E-state index in [9.17, 15) is 31.6 Å². The maximum atomic E-state index is 10.6. The number of carboxylic acids is 2. The molecule has 0 spiro atoms. The van der Waals surface area contributed by atoms with Gasteiger partial charge in [0, 0.05) is 19.3 Å². The summed E-state index contributed by atoms with van der Waals surface area (Å²) in [5.41, 5.74) is 8.06. The summed E-state index contributed by atoms with van der Waals surface area (Å²) in [4.78, 5) is 21.9. The van der Waals surface area contributed by atoms with E-state index in [4.69, 9.17) is 41.9 Å². The van der Waals surface area contributed by atoms with Gasteiger partial charge >= 0.3 is 24.3 Å². The summed E-state index contributed by atoms with van der Waals surface area (Å²) in [5.74, 6) is -4.53. The molecule has 0 amide bonds. The number of aromatic nitrogens is 2. The standard InChI is InChI=1S/C18H15ClN4O.2C2HF3O2/c19-16-3-1-2-4-17(16)24-18-7-13(5-6-14(18)8-20)11-23-12-22-10-15(23)9-21;2*3-2(4,5)1(6)7/h1-7,10,12H,9,11,21H2;2*(H,6,7). The zero-order valence-electron chi connectivity index (χ0n) is 18.8. The summed E-state index contributed by atoms with van der Waals surface area (Å²) in [6.45, 7) is 1.01. The third-order valence-electron chi connectivity index (χ3n) is 4.07. The van der Waals surface area contributed by atoms with Gasteiger partial charge in [0.2, 0.25) is 0 Å². The highest BCUT2D eigenvalue weighted by Gasteiger charge is 2.38. The Hall–Kier alpha value is -4.29. The molecular formula is C22H17ClF6N4O5. The molecule has 4 N–H and O–H groups in total. The molecule has 3 rings (SSSR count). The van der Waals surface area contributed by atoms with Gasteiger partial charge in [0.05, 0.1) is 22.6 Å². The van der Waals surface area contributed by atoms with E-state index in [0.29, 0.717) is 35.2 Å². The third kappa shape index (κ3) is 10.4. The molecule has 0 atom stereocenters. The van der Waals surface area contributed by atoms with E-state index in [1.165, 1.54) is 0 Å². The largest absolute Gasteiger partial charge is 0.490 e. The Kier molecular flexibility index (Phi) is 11.6. The van der Waals surface area contributed by atoms with Crippen LogP contribution in [0.2, 0.25) is 5.02 Å². The molecule has 0 fully saturated rings. The predicted octanol–water partition coefficient (Wildman–Crippen LogP) is 4.97. The second kappa shape index (κ2) is 13.9. The van der Waals surface area contributed by atoms with Crippen LogP contribution in [0.5, 0.6) is 11.5 Å². The van der Waals surface area contributed by atoms with Crippen LogP contribution in [0.4, 0.5) is 26.3 Å². The van der Waals surface area contributed by atoms with E-state index in [1.54, 1.807) is 30.7 Å². The van der Waals surface area contributed by atoms with Crippen molar-refractivity contribution >= 4 is 23.5 Å². The quantitative estimate of drug-likeness (QED) is 0.366. The van der Waals surface area contributed by atoms with Crippen molar-refractivity contribution in [1.29, 1.82) is 5.26 Å². The van der Waals surface area contributed by atoms with Gasteiger partial charge in [0.15, 0.2) is 0 Å². The van der Waals surface area contributed by atoms with E-state index in [-0.39, 0.29) is 0 Å². The summed E-state index contributed by atoms with van der Waals surface area (Å²) >= 11 is 6.13. The van der Waals surface area contributed by atoms with Crippen molar-refractivity contribution in [1.82, 2.24) is 9.55 Å². The average Bonchev–Trinajstić information content (AvgIpc) is 3.27. The molecule has 0 saturated heterocycles. The first kappa shape index (κ1) is 31.7. The Morgan fingerprint density at radius 2 is 1.58 bits per heavy atom. The van der Waals surface area contributed by atoms with Gasteiger partial charge in [-0.25, -0.2) is 14.6 Å². The number of hydrogen-bond acceptors (Lipinski definition) is 6. The molecule has 9 nitrogen and oxygen atoms in total. The van der Waals surface area contributed by atoms with Crippen molar-refractivity contribution in [3.63, 3.8) is 0 Å². The van der Waals surface area contributed by atoms with Crippen LogP contribution in [-0.4, -0.2) is 44.1 Å². The molecule has 16 heteroatoms. The summed E-state index contributed by atoms with van der Waals surface area (Å²) < 4.78 is 71.3. The first-order valence-corrected chi connectivity index (χ1v) is 10.2. The number of nitrogens with zero attached hydrogens (tertiary/aromatic N) is 3. The molecule has 3 aromatic rings. The van der Waals surface area contributed by atoms with Gasteiger partial charge in [-0.15, -0.1) is 0 Å². The Balaban J connectivity index is 0.000000426. The average molecular weight is 567 g/mol. The van der Waals surface area contributed by atoms with Crippen molar-refractivity contribution in [3.05, 3.63) is 76.8 Å².